The molecule has 7 nitrogen and oxygen atoms in total. The highest BCUT2D eigenvalue weighted by Crippen LogP contribution is 2.33. The minimum atomic E-state index is -3.70. The smallest absolute Gasteiger partial charge is 0.238 e. The minimum Gasteiger partial charge on any atom is -0.329 e. The molecule has 3 N–H and O–H groups in total. The lowest BCUT2D eigenvalue weighted by atomic mass is 10.2. The predicted octanol–water partition coefficient (Wildman–Crippen LogP) is 3.25. The summed E-state index contributed by atoms with van der Waals surface area (Å²) in [6.07, 6.45) is 8.89. The van der Waals surface area contributed by atoms with E-state index in [9.17, 15) is 8.42 Å². The number of hydrogen-bond acceptors (Lipinski definition) is 5. The van der Waals surface area contributed by atoms with Gasteiger partial charge in [0.2, 0.25) is 16.0 Å². The zero-order valence-corrected chi connectivity index (χ0v) is 15.3. The van der Waals surface area contributed by atoms with Gasteiger partial charge in [0.05, 0.1) is 4.90 Å². The molecule has 1 saturated carbocycles. The van der Waals surface area contributed by atoms with Gasteiger partial charge in [-0.3, -0.25) is 0 Å². The maximum Gasteiger partial charge on any atom is 0.238 e. The Balaban J connectivity index is 1.65. The number of sulfonamides is 1. The van der Waals surface area contributed by atoms with Crippen molar-refractivity contribution in [1.82, 2.24) is 14.5 Å². The number of rotatable bonds is 4. The molecule has 0 amide bonds. The molecule has 0 radical (unpaired) electrons. The summed E-state index contributed by atoms with van der Waals surface area (Å²) in [4.78, 5) is 9.17. The van der Waals surface area contributed by atoms with Crippen molar-refractivity contribution in [3.8, 4) is 0 Å². The molecule has 0 unspecified atom stereocenters. The van der Waals surface area contributed by atoms with Gasteiger partial charge >= 0.3 is 0 Å². The normalized spacial score (nSPS) is 15.6. The third kappa shape index (κ3) is 3.17. The van der Waals surface area contributed by atoms with E-state index in [1.165, 1.54) is 43.4 Å². The number of anilines is 2. The van der Waals surface area contributed by atoms with Crippen molar-refractivity contribution < 1.29 is 8.42 Å². The zero-order chi connectivity index (χ0) is 18.3. The number of aromatic nitrogens is 3. The fourth-order valence-corrected chi connectivity index (χ4v) is 4.08. The van der Waals surface area contributed by atoms with E-state index in [0.29, 0.717) is 17.7 Å². The molecule has 136 valence electrons. The molecule has 1 aromatic carbocycles. The molecule has 1 aliphatic rings. The molecular weight excluding hydrogens is 350 g/mol. The van der Waals surface area contributed by atoms with Crippen molar-refractivity contribution in [3.63, 3.8) is 0 Å². The first-order valence-electron chi connectivity index (χ1n) is 8.66. The van der Waals surface area contributed by atoms with Crippen LogP contribution in [0.25, 0.3) is 11.0 Å². The maximum absolute atomic E-state index is 11.3. The number of benzene rings is 1. The van der Waals surface area contributed by atoms with Gasteiger partial charge < -0.3 is 9.88 Å². The summed E-state index contributed by atoms with van der Waals surface area (Å²) in [6, 6.07) is 6.72. The summed E-state index contributed by atoms with van der Waals surface area (Å²) < 4.78 is 25.0. The van der Waals surface area contributed by atoms with Crippen molar-refractivity contribution in [2.45, 2.75) is 43.5 Å². The second-order valence-electron chi connectivity index (χ2n) is 6.78. The molecule has 3 aromatic rings. The molecule has 8 heteroatoms. The van der Waals surface area contributed by atoms with Crippen LogP contribution in [0.15, 0.2) is 41.6 Å². The lowest BCUT2D eigenvalue weighted by Crippen LogP contribution is -2.11. The number of hydrogen-bond donors (Lipinski definition) is 2. The van der Waals surface area contributed by atoms with Crippen LogP contribution in [0.3, 0.4) is 0 Å². The summed E-state index contributed by atoms with van der Waals surface area (Å²) in [5.41, 5.74) is 2.82. The maximum atomic E-state index is 11.3. The Morgan fingerprint density at radius 2 is 1.88 bits per heavy atom. The van der Waals surface area contributed by atoms with E-state index in [1.54, 1.807) is 12.1 Å². The molecule has 0 aliphatic heterocycles. The molecule has 1 aliphatic carbocycles. The summed E-state index contributed by atoms with van der Waals surface area (Å²) in [7, 11) is -3.70. The van der Waals surface area contributed by atoms with Crippen LogP contribution < -0.4 is 10.5 Å². The third-order valence-corrected chi connectivity index (χ3v) is 5.86. The van der Waals surface area contributed by atoms with Crippen LogP contribution >= 0.6 is 0 Å². The van der Waals surface area contributed by atoms with Gasteiger partial charge in [-0.15, -0.1) is 0 Å². The summed E-state index contributed by atoms with van der Waals surface area (Å²) in [5, 5.41) is 9.32. The fraction of sp³-hybridized carbons (Fsp3) is 0.333. The molecule has 2 aromatic heterocycles. The lowest BCUT2D eigenvalue weighted by molar-refractivity contribution is 0.532. The molecule has 2 heterocycles. The van der Waals surface area contributed by atoms with E-state index in [1.807, 2.05) is 6.20 Å². The monoisotopic (exact) mass is 371 g/mol. The highest BCUT2D eigenvalue weighted by atomic mass is 32.2. The van der Waals surface area contributed by atoms with E-state index in [0.717, 1.165) is 11.0 Å². The standard InChI is InChI=1S/C18H21N5O2S/c1-12-11-23(14-4-2-3-5-14)17-16(12)10-20-18(22-17)21-13-6-8-15(9-7-13)26(19,24)25/h6-11,14H,2-5H2,1H3,(H2,19,24,25)(H,20,21,22). The fourth-order valence-electron chi connectivity index (χ4n) is 3.57. The number of fused-ring (bicyclic) bond motifs is 1. The SMILES string of the molecule is Cc1cn(C2CCCC2)c2nc(Nc3ccc(S(N)(=O)=O)cc3)ncc12. The Morgan fingerprint density at radius 3 is 2.54 bits per heavy atom. The van der Waals surface area contributed by atoms with E-state index < -0.39 is 10.0 Å². The van der Waals surface area contributed by atoms with Crippen LogP contribution in [0, 0.1) is 6.92 Å². The van der Waals surface area contributed by atoms with Crippen LogP contribution in [0.2, 0.25) is 0 Å². The summed E-state index contributed by atoms with van der Waals surface area (Å²) in [5.74, 6) is 0.484. The van der Waals surface area contributed by atoms with Crippen LogP contribution in [0.5, 0.6) is 0 Å². The summed E-state index contributed by atoms with van der Waals surface area (Å²) >= 11 is 0. The number of nitrogens with two attached hydrogens (primary N) is 1. The van der Waals surface area contributed by atoms with Gasteiger partial charge in [0.25, 0.3) is 0 Å². The first kappa shape index (κ1) is 17.0. The number of nitrogens with zero attached hydrogens (tertiary/aromatic N) is 3. The Kier molecular flexibility index (Phi) is 4.16. The minimum absolute atomic E-state index is 0.0742. The van der Waals surface area contributed by atoms with Gasteiger partial charge in [-0.1, -0.05) is 12.8 Å². The van der Waals surface area contributed by atoms with E-state index >= 15 is 0 Å². The Labute approximate surface area is 152 Å². The summed E-state index contributed by atoms with van der Waals surface area (Å²) in [6.45, 7) is 2.08. The van der Waals surface area contributed by atoms with Crippen LogP contribution in [0.1, 0.15) is 37.3 Å². The van der Waals surface area contributed by atoms with Crippen molar-refractivity contribution in [2.24, 2.45) is 5.14 Å². The Bertz CT molecular complexity index is 1050. The van der Waals surface area contributed by atoms with Gasteiger partial charge in [0.1, 0.15) is 5.65 Å². The van der Waals surface area contributed by atoms with Crippen molar-refractivity contribution in [1.29, 1.82) is 0 Å². The molecule has 26 heavy (non-hydrogen) atoms. The predicted molar refractivity (Wildman–Crippen MR) is 101 cm³/mol. The van der Waals surface area contributed by atoms with Crippen molar-refractivity contribution >= 4 is 32.7 Å². The number of nitrogens with one attached hydrogen (secondary N) is 1. The van der Waals surface area contributed by atoms with Gasteiger partial charge in [-0.05, 0) is 49.6 Å². The number of primary sulfonamides is 1. The lowest BCUT2D eigenvalue weighted by Gasteiger charge is -2.13. The Morgan fingerprint density at radius 1 is 1.19 bits per heavy atom. The molecule has 1 fully saturated rings. The average Bonchev–Trinajstić information content (AvgIpc) is 3.23. The van der Waals surface area contributed by atoms with E-state index in [4.69, 9.17) is 10.1 Å². The first-order chi connectivity index (χ1) is 12.4. The quantitative estimate of drug-likeness (QED) is 0.733. The average molecular weight is 371 g/mol. The van der Waals surface area contributed by atoms with Gasteiger partial charge in [0, 0.05) is 29.5 Å². The van der Waals surface area contributed by atoms with Crippen molar-refractivity contribution in [2.75, 3.05) is 5.32 Å². The molecule has 0 spiro atoms. The molecule has 4 rings (SSSR count). The first-order valence-corrected chi connectivity index (χ1v) is 10.2. The highest BCUT2D eigenvalue weighted by molar-refractivity contribution is 7.89. The molecule has 0 bridgehead atoms. The van der Waals surface area contributed by atoms with Crippen molar-refractivity contribution in [3.05, 3.63) is 42.2 Å². The van der Waals surface area contributed by atoms with Crippen LogP contribution in [0.4, 0.5) is 11.6 Å². The second-order valence-corrected chi connectivity index (χ2v) is 8.34. The van der Waals surface area contributed by atoms with Crippen LogP contribution in [-0.2, 0) is 10.0 Å². The Hall–Kier alpha value is -2.45. The van der Waals surface area contributed by atoms with E-state index in [-0.39, 0.29) is 4.90 Å². The number of aryl methyl sites for hydroxylation is 1. The molecular formula is C18H21N5O2S. The molecule has 0 saturated heterocycles. The topological polar surface area (TPSA) is 103 Å². The van der Waals surface area contributed by atoms with E-state index in [2.05, 4.69) is 28.0 Å². The van der Waals surface area contributed by atoms with Crippen LogP contribution in [-0.4, -0.2) is 23.0 Å². The van der Waals surface area contributed by atoms with Gasteiger partial charge in [-0.25, -0.2) is 18.5 Å². The van der Waals surface area contributed by atoms with Gasteiger partial charge in [0.15, 0.2) is 0 Å². The second kappa shape index (κ2) is 6.37. The zero-order valence-electron chi connectivity index (χ0n) is 14.5. The molecule has 0 atom stereocenters. The highest BCUT2D eigenvalue weighted by Gasteiger charge is 2.20. The largest absolute Gasteiger partial charge is 0.329 e. The third-order valence-electron chi connectivity index (χ3n) is 4.93. The van der Waals surface area contributed by atoms with Gasteiger partial charge in [-0.2, -0.15) is 4.98 Å².